The van der Waals surface area contributed by atoms with E-state index in [1.54, 1.807) is 0 Å². The second kappa shape index (κ2) is 7.14. The van der Waals surface area contributed by atoms with Gasteiger partial charge in [0.1, 0.15) is 5.01 Å². The van der Waals surface area contributed by atoms with Gasteiger partial charge in [-0.05, 0) is 30.7 Å². The lowest BCUT2D eigenvalue weighted by molar-refractivity contribution is 0.965. The molecule has 3 aromatic heterocycles. The van der Waals surface area contributed by atoms with Crippen LogP contribution in [0.5, 0.6) is 0 Å². The molecule has 3 aromatic carbocycles. The monoisotopic (exact) mass is 485 g/mol. The van der Waals surface area contributed by atoms with E-state index in [1.807, 2.05) is 28.8 Å². The van der Waals surface area contributed by atoms with Gasteiger partial charge in [-0.3, -0.25) is 0 Å². The highest BCUT2D eigenvalue weighted by Gasteiger charge is 2.22. The second-order valence-corrected chi connectivity index (χ2v) is 9.29. The molecular weight excluding hydrogens is 470 g/mol. The van der Waals surface area contributed by atoms with Crippen molar-refractivity contribution in [2.24, 2.45) is 0 Å². The summed E-state index contributed by atoms with van der Waals surface area (Å²) in [5.41, 5.74) is 6.47. The molecule has 0 aliphatic rings. The average molecular weight is 486 g/mol. The van der Waals surface area contributed by atoms with Gasteiger partial charge in [-0.2, -0.15) is 9.61 Å². The molecular formula is C24H16BrN5S. The van der Waals surface area contributed by atoms with Crippen molar-refractivity contribution < 1.29 is 0 Å². The number of aromatic nitrogens is 5. The van der Waals surface area contributed by atoms with E-state index in [1.165, 1.54) is 16.9 Å². The van der Waals surface area contributed by atoms with Crippen molar-refractivity contribution in [2.45, 2.75) is 6.92 Å². The normalized spacial score (nSPS) is 11.5. The minimum absolute atomic E-state index is 0.704. The molecule has 0 fully saturated rings. The summed E-state index contributed by atoms with van der Waals surface area (Å²) >= 11 is 5.15. The Balaban J connectivity index is 1.59. The minimum Gasteiger partial charge on any atom is -0.351 e. The minimum atomic E-state index is 0.704. The van der Waals surface area contributed by atoms with Crippen molar-refractivity contribution in [1.82, 2.24) is 24.8 Å². The number of benzene rings is 3. The molecule has 0 spiro atoms. The van der Waals surface area contributed by atoms with Gasteiger partial charge < -0.3 is 4.98 Å². The summed E-state index contributed by atoms with van der Waals surface area (Å²) < 4.78 is 2.87. The molecule has 0 bridgehead atoms. The van der Waals surface area contributed by atoms with Crippen LogP contribution in [-0.2, 0) is 0 Å². The number of nitrogens with zero attached hydrogens (tertiary/aromatic N) is 4. The second-order valence-electron chi connectivity index (χ2n) is 7.42. The molecule has 1 N–H and O–H groups in total. The van der Waals surface area contributed by atoms with Gasteiger partial charge in [-0.25, -0.2) is 0 Å². The molecule has 3 heterocycles. The fourth-order valence-corrected chi connectivity index (χ4v) is 5.03. The molecule has 0 atom stereocenters. The fourth-order valence-electron chi connectivity index (χ4n) is 3.82. The van der Waals surface area contributed by atoms with Crippen LogP contribution in [0, 0.1) is 6.92 Å². The maximum atomic E-state index is 4.85. The topological polar surface area (TPSA) is 58.9 Å². The molecule has 5 nitrogen and oxygen atoms in total. The van der Waals surface area contributed by atoms with Crippen LogP contribution in [0.1, 0.15) is 5.56 Å². The number of hydrogen-bond donors (Lipinski definition) is 1. The zero-order chi connectivity index (χ0) is 20.9. The molecule has 31 heavy (non-hydrogen) atoms. The van der Waals surface area contributed by atoms with E-state index in [0.717, 1.165) is 47.7 Å². The highest BCUT2D eigenvalue weighted by molar-refractivity contribution is 9.10. The molecule has 0 unspecified atom stereocenters. The highest BCUT2D eigenvalue weighted by atomic mass is 79.9. The van der Waals surface area contributed by atoms with Crippen molar-refractivity contribution >= 4 is 43.1 Å². The first-order valence-corrected chi connectivity index (χ1v) is 11.4. The number of nitrogens with one attached hydrogen (secondary N) is 1. The maximum Gasteiger partial charge on any atom is 0.235 e. The zero-order valence-corrected chi connectivity index (χ0v) is 18.9. The molecule has 150 valence electrons. The van der Waals surface area contributed by atoms with Gasteiger partial charge in [0.15, 0.2) is 0 Å². The molecule has 0 saturated heterocycles. The van der Waals surface area contributed by atoms with Gasteiger partial charge in [0.25, 0.3) is 0 Å². The predicted molar refractivity (Wildman–Crippen MR) is 129 cm³/mol. The van der Waals surface area contributed by atoms with Crippen molar-refractivity contribution in [3.05, 3.63) is 82.8 Å². The number of aromatic amines is 1. The van der Waals surface area contributed by atoms with Crippen LogP contribution >= 0.6 is 27.3 Å². The summed E-state index contributed by atoms with van der Waals surface area (Å²) in [6.45, 7) is 2.08. The Morgan fingerprint density at radius 2 is 1.71 bits per heavy atom. The molecule has 0 saturated carbocycles. The van der Waals surface area contributed by atoms with Gasteiger partial charge in [-0.15, -0.1) is 10.2 Å². The predicted octanol–water partition coefficient (Wildman–Crippen LogP) is 6.74. The Labute approximate surface area is 190 Å². The number of H-pyrrole nitrogens is 1. The lowest BCUT2D eigenvalue weighted by Gasteiger charge is -2.04. The first-order valence-electron chi connectivity index (χ1n) is 9.84. The van der Waals surface area contributed by atoms with E-state index in [-0.39, 0.29) is 0 Å². The quantitative estimate of drug-likeness (QED) is 0.302. The Kier molecular flexibility index (Phi) is 4.26. The highest BCUT2D eigenvalue weighted by Crippen LogP contribution is 2.39. The Morgan fingerprint density at radius 3 is 2.52 bits per heavy atom. The van der Waals surface area contributed by atoms with E-state index >= 15 is 0 Å². The van der Waals surface area contributed by atoms with Gasteiger partial charge in [0.2, 0.25) is 10.8 Å². The average Bonchev–Trinajstić information content (AvgIpc) is 3.47. The summed E-state index contributed by atoms with van der Waals surface area (Å²) in [5.74, 6) is 0.704. The first kappa shape index (κ1) is 18.5. The molecule has 0 amide bonds. The SMILES string of the molecule is Cc1ccc(-c2nn3c(-c4[nH]c5ccc(Br)cc5c4-c4ccccc4)nnc3s2)cc1. The van der Waals surface area contributed by atoms with E-state index in [4.69, 9.17) is 5.10 Å². The van der Waals surface area contributed by atoms with Crippen LogP contribution in [0.15, 0.2) is 77.3 Å². The smallest absolute Gasteiger partial charge is 0.235 e. The molecule has 0 aliphatic carbocycles. The third kappa shape index (κ3) is 3.08. The van der Waals surface area contributed by atoms with E-state index in [9.17, 15) is 0 Å². The number of aryl methyl sites for hydroxylation is 1. The zero-order valence-electron chi connectivity index (χ0n) is 16.5. The van der Waals surface area contributed by atoms with Crippen LogP contribution in [-0.4, -0.2) is 24.8 Å². The number of fused-ring (bicyclic) bond motifs is 2. The Hall–Kier alpha value is -3.29. The van der Waals surface area contributed by atoms with Crippen molar-refractivity contribution in [1.29, 1.82) is 0 Å². The van der Waals surface area contributed by atoms with E-state index in [2.05, 4.69) is 86.6 Å². The van der Waals surface area contributed by atoms with E-state index < -0.39 is 0 Å². The largest absolute Gasteiger partial charge is 0.351 e. The summed E-state index contributed by atoms with van der Waals surface area (Å²) in [7, 11) is 0. The molecule has 0 aliphatic heterocycles. The summed E-state index contributed by atoms with van der Waals surface area (Å²) in [6, 6.07) is 25.0. The van der Waals surface area contributed by atoms with E-state index in [0.29, 0.717) is 5.82 Å². The van der Waals surface area contributed by atoms with Gasteiger partial charge in [0.05, 0.1) is 5.69 Å². The molecule has 6 rings (SSSR count). The fraction of sp³-hybridized carbons (Fsp3) is 0.0417. The standard InChI is InChI=1S/C24H16BrN5S/c1-14-7-9-16(10-8-14)23-29-30-22(27-28-24(30)31-23)21-20(15-5-3-2-4-6-15)18-13-17(25)11-12-19(18)26-21/h2-13,26H,1H3. The van der Waals surface area contributed by atoms with Crippen molar-refractivity contribution in [3.63, 3.8) is 0 Å². The van der Waals surface area contributed by atoms with Crippen LogP contribution in [0.25, 0.3) is 49.1 Å². The lowest BCUT2D eigenvalue weighted by atomic mass is 10.0. The summed E-state index contributed by atoms with van der Waals surface area (Å²) in [6.07, 6.45) is 0. The van der Waals surface area contributed by atoms with Gasteiger partial charge >= 0.3 is 0 Å². The molecule has 0 radical (unpaired) electrons. The molecule has 7 heteroatoms. The maximum absolute atomic E-state index is 4.85. The van der Waals surface area contributed by atoms with Crippen LogP contribution in [0.4, 0.5) is 0 Å². The van der Waals surface area contributed by atoms with Crippen molar-refractivity contribution in [3.8, 4) is 33.2 Å². The Morgan fingerprint density at radius 1 is 0.903 bits per heavy atom. The lowest BCUT2D eigenvalue weighted by Crippen LogP contribution is -1.93. The van der Waals surface area contributed by atoms with Crippen LogP contribution in [0.3, 0.4) is 0 Å². The summed E-state index contributed by atoms with van der Waals surface area (Å²) in [5, 5.41) is 15.8. The van der Waals surface area contributed by atoms with Gasteiger partial charge in [0, 0.05) is 26.5 Å². The Bertz CT molecular complexity index is 1540. The van der Waals surface area contributed by atoms with Crippen LogP contribution in [0.2, 0.25) is 0 Å². The number of halogens is 1. The molecule has 6 aromatic rings. The third-order valence-electron chi connectivity index (χ3n) is 5.34. The number of hydrogen-bond acceptors (Lipinski definition) is 4. The summed E-state index contributed by atoms with van der Waals surface area (Å²) in [4.78, 5) is 4.33. The third-order valence-corrected chi connectivity index (χ3v) is 6.78. The van der Waals surface area contributed by atoms with Crippen molar-refractivity contribution in [2.75, 3.05) is 0 Å². The first-order chi connectivity index (χ1) is 15.2. The van der Waals surface area contributed by atoms with Crippen LogP contribution < -0.4 is 0 Å². The number of rotatable bonds is 3. The van der Waals surface area contributed by atoms with Gasteiger partial charge in [-0.1, -0.05) is 87.4 Å².